The largest absolute Gasteiger partial charge is 0.295 e. The molecule has 0 aromatic rings. The van der Waals surface area contributed by atoms with E-state index in [0.717, 1.165) is 23.8 Å². The van der Waals surface area contributed by atoms with E-state index in [1.54, 1.807) is 5.57 Å². The highest BCUT2D eigenvalue weighted by atomic mass is 16.1. The average molecular weight is 298 g/mol. The van der Waals surface area contributed by atoms with Crippen molar-refractivity contribution in [3.05, 3.63) is 36.0 Å². The van der Waals surface area contributed by atoms with Crippen LogP contribution >= 0.6 is 0 Å². The van der Waals surface area contributed by atoms with E-state index in [0.29, 0.717) is 17.8 Å². The normalized spacial score (nSPS) is 45.1. The third kappa shape index (κ3) is 2.08. The first-order valence-electron chi connectivity index (χ1n) is 8.91. The highest BCUT2D eigenvalue weighted by Gasteiger charge is 2.51. The van der Waals surface area contributed by atoms with Gasteiger partial charge in [0.2, 0.25) is 0 Å². The van der Waals surface area contributed by atoms with Crippen molar-refractivity contribution in [3.63, 3.8) is 0 Å². The Morgan fingerprint density at radius 2 is 2.00 bits per heavy atom. The van der Waals surface area contributed by atoms with E-state index in [-0.39, 0.29) is 11.2 Å². The van der Waals surface area contributed by atoms with Crippen molar-refractivity contribution < 1.29 is 4.79 Å². The number of hydrogen-bond acceptors (Lipinski definition) is 1. The molecule has 5 atom stereocenters. The molecule has 0 aliphatic heterocycles. The molecule has 0 saturated heterocycles. The van der Waals surface area contributed by atoms with Gasteiger partial charge in [0.1, 0.15) is 0 Å². The fourth-order valence-corrected chi connectivity index (χ4v) is 5.61. The molecule has 0 heterocycles. The van der Waals surface area contributed by atoms with Crippen LogP contribution in [0.15, 0.2) is 36.0 Å². The van der Waals surface area contributed by atoms with Gasteiger partial charge in [-0.05, 0) is 60.5 Å². The van der Waals surface area contributed by atoms with Crippen LogP contribution < -0.4 is 0 Å². The van der Waals surface area contributed by atoms with Gasteiger partial charge in [-0.15, -0.1) is 0 Å². The Kier molecular flexibility index (Phi) is 3.74. The zero-order valence-corrected chi connectivity index (χ0v) is 14.6. The summed E-state index contributed by atoms with van der Waals surface area (Å²) in [6.45, 7) is 13.7. The van der Waals surface area contributed by atoms with Crippen molar-refractivity contribution in [1.82, 2.24) is 0 Å². The molecular formula is C21H30O. The van der Waals surface area contributed by atoms with E-state index in [9.17, 15) is 4.79 Å². The minimum atomic E-state index is 0.0161. The van der Waals surface area contributed by atoms with Gasteiger partial charge in [-0.3, -0.25) is 4.79 Å². The molecule has 0 aromatic heterocycles. The SMILES string of the molecule is C=CC1=CC(=O)CC[C@]1(C)C1=CC[C@@]2(C)C(CC[C@@H]2C)C1C. The van der Waals surface area contributed by atoms with Crippen molar-refractivity contribution in [3.8, 4) is 0 Å². The number of hydrogen-bond donors (Lipinski definition) is 0. The monoisotopic (exact) mass is 298 g/mol. The second kappa shape index (κ2) is 5.22. The molecular weight excluding hydrogens is 268 g/mol. The Balaban J connectivity index is 2.00. The Hall–Kier alpha value is -1.11. The Bertz CT molecular complexity index is 566. The van der Waals surface area contributed by atoms with Crippen LogP contribution in [0.2, 0.25) is 0 Å². The topological polar surface area (TPSA) is 17.1 Å². The molecule has 0 radical (unpaired) electrons. The number of allylic oxidation sites excluding steroid dienone is 5. The fourth-order valence-electron chi connectivity index (χ4n) is 5.61. The molecule has 0 spiro atoms. The van der Waals surface area contributed by atoms with Crippen molar-refractivity contribution in [2.75, 3.05) is 0 Å². The average Bonchev–Trinajstić information content (AvgIpc) is 2.78. The second-order valence-corrected chi connectivity index (χ2v) is 8.35. The van der Waals surface area contributed by atoms with Crippen LogP contribution in [0.25, 0.3) is 0 Å². The summed E-state index contributed by atoms with van der Waals surface area (Å²) >= 11 is 0. The predicted octanol–water partition coefficient (Wildman–Crippen LogP) is 5.49. The lowest BCUT2D eigenvalue weighted by molar-refractivity contribution is -0.115. The van der Waals surface area contributed by atoms with Crippen LogP contribution in [0.1, 0.15) is 59.8 Å². The molecule has 0 aromatic carbocycles. The van der Waals surface area contributed by atoms with Crippen molar-refractivity contribution in [1.29, 1.82) is 0 Å². The number of ketones is 1. The molecule has 2 unspecified atom stereocenters. The maximum Gasteiger partial charge on any atom is 0.156 e. The summed E-state index contributed by atoms with van der Waals surface area (Å²) in [5, 5.41) is 0. The molecule has 3 aliphatic rings. The van der Waals surface area contributed by atoms with Gasteiger partial charge in [0.05, 0.1) is 0 Å². The van der Waals surface area contributed by atoms with E-state index < -0.39 is 0 Å². The van der Waals surface area contributed by atoms with Gasteiger partial charge in [0.15, 0.2) is 5.78 Å². The first kappa shape index (κ1) is 15.8. The van der Waals surface area contributed by atoms with Gasteiger partial charge in [-0.2, -0.15) is 0 Å². The summed E-state index contributed by atoms with van der Waals surface area (Å²) < 4.78 is 0. The first-order chi connectivity index (χ1) is 10.3. The highest BCUT2D eigenvalue weighted by molar-refractivity contribution is 5.92. The second-order valence-electron chi connectivity index (χ2n) is 8.35. The van der Waals surface area contributed by atoms with E-state index in [2.05, 4.69) is 40.3 Å². The minimum Gasteiger partial charge on any atom is -0.295 e. The summed E-state index contributed by atoms with van der Waals surface area (Å²) in [6, 6.07) is 0. The summed E-state index contributed by atoms with van der Waals surface area (Å²) in [4.78, 5) is 11.8. The predicted molar refractivity (Wildman–Crippen MR) is 92.5 cm³/mol. The summed E-state index contributed by atoms with van der Waals surface area (Å²) in [6.07, 6.45) is 11.8. The van der Waals surface area contributed by atoms with Gasteiger partial charge >= 0.3 is 0 Å². The molecule has 1 fully saturated rings. The van der Waals surface area contributed by atoms with E-state index in [1.165, 1.54) is 19.3 Å². The third-order valence-corrected chi connectivity index (χ3v) is 7.42. The molecule has 3 rings (SSSR count). The van der Waals surface area contributed by atoms with Gasteiger partial charge in [-0.1, -0.05) is 52.0 Å². The number of carbonyl (C=O) groups excluding carboxylic acids is 1. The van der Waals surface area contributed by atoms with Crippen LogP contribution in [0, 0.1) is 28.6 Å². The quantitative estimate of drug-likeness (QED) is 0.616. The molecule has 0 N–H and O–H groups in total. The lowest BCUT2D eigenvalue weighted by atomic mass is 9.56. The van der Waals surface area contributed by atoms with Gasteiger partial charge in [0, 0.05) is 11.8 Å². The Morgan fingerprint density at radius 1 is 1.27 bits per heavy atom. The van der Waals surface area contributed by atoms with Crippen LogP contribution in [0.4, 0.5) is 0 Å². The van der Waals surface area contributed by atoms with Crippen molar-refractivity contribution in [2.24, 2.45) is 28.6 Å². The maximum atomic E-state index is 11.8. The molecule has 22 heavy (non-hydrogen) atoms. The molecule has 0 bridgehead atoms. The molecule has 3 aliphatic carbocycles. The van der Waals surface area contributed by atoms with E-state index in [4.69, 9.17) is 0 Å². The van der Waals surface area contributed by atoms with Crippen molar-refractivity contribution in [2.45, 2.75) is 59.8 Å². The number of carbonyl (C=O) groups is 1. The van der Waals surface area contributed by atoms with Crippen LogP contribution in [-0.4, -0.2) is 5.78 Å². The summed E-state index contributed by atoms with van der Waals surface area (Å²) in [7, 11) is 0. The smallest absolute Gasteiger partial charge is 0.156 e. The molecule has 120 valence electrons. The van der Waals surface area contributed by atoms with Crippen LogP contribution in [0.3, 0.4) is 0 Å². The molecule has 1 heteroatoms. The fraction of sp³-hybridized carbons (Fsp3) is 0.667. The molecule has 1 saturated carbocycles. The van der Waals surface area contributed by atoms with Gasteiger partial charge < -0.3 is 0 Å². The van der Waals surface area contributed by atoms with Crippen LogP contribution in [0.5, 0.6) is 0 Å². The standard InChI is InChI=1S/C21H30O/c1-6-16-13-17(22)9-11-21(16,5)19-10-12-20(4)14(2)7-8-18(20)15(19)3/h6,10,13-15,18H,1,7-9,11-12H2,2-5H3/t14-,15?,18?,20+,21-/m0/s1. The first-order valence-corrected chi connectivity index (χ1v) is 8.91. The van der Waals surface area contributed by atoms with E-state index in [1.807, 2.05) is 12.2 Å². The van der Waals surface area contributed by atoms with Crippen LogP contribution in [-0.2, 0) is 4.79 Å². The summed E-state index contributed by atoms with van der Waals surface area (Å²) in [5.41, 5.74) is 3.20. The number of rotatable bonds is 2. The highest BCUT2D eigenvalue weighted by Crippen LogP contribution is 2.60. The Morgan fingerprint density at radius 3 is 2.68 bits per heavy atom. The zero-order chi connectivity index (χ0) is 16.1. The lowest BCUT2D eigenvalue weighted by Crippen LogP contribution is -2.40. The van der Waals surface area contributed by atoms with E-state index >= 15 is 0 Å². The van der Waals surface area contributed by atoms with Crippen molar-refractivity contribution >= 4 is 5.78 Å². The maximum absolute atomic E-state index is 11.8. The minimum absolute atomic E-state index is 0.0161. The zero-order valence-electron chi connectivity index (χ0n) is 14.6. The number of fused-ring (bicyclic) bond motifs is 1. The van der Waals surface area contributed by atoms with Gasteiger partial charge in [0.25, 0.3) is 0 Å². The lowest BCUT2D eigenvalue weighted by Gasteiger charge is -2.48. The molecule has 1 nitrogen and oxygen atoms in total. The van der Waals surface area contributed by atoms with Gasteiger partial charge in [-0.25, -0.2) is 0 Å². The molecule has 0 amide bonds. The summed E-state index contributed by atoms with van der Waals surface area (Å²) in [5.74, 6) is 2.50. The Labute approximate surface area is 135 Å². The third-order valence-electron chi connectivity index (χ3n) is 7.42.